The number of hydrogen-bond acceptors (Lipinski definition) is 12. The Balaban J connectivity index is 0.780. The average molecular weight is 915 g/mol. The Kier molecular flexibility index (Phi) is 14.1. The number of imide groups is 2. The largest absolute Gasteiger partial charge is 0.508 e. The number of nitrogens with one attached hydrogen (secondary N) is 3. The molecule has 15 nitrogen and oxygen atoms in total. The monoisotopic (exact) mass is 914 g/mol. The van der Waals surface area contributed by atoms with Crippen LogP contribution in [0.5, 0.6) is 5.75 Å². The fourth-order valence-electron chi connectivity index (χ4n) is 8.91. The number of piperidine rings is 1. The molecule has 342 valence electrons. The van der Waals surface area contributed by atoms with E-state index in [1.54, 1.807) is 17.5 Å². The van der Waals surface area contributed by atoms with Crippen LogP contribution in [0, 0.1) is 12.7 Å². The van der Waals surface area contributed by atoms with Crippen LogP contribution in [0.3, 0.4) is 0 Å². The van der Waals surface area contributed by atoms with Crippen LogP contribution in [-0.4, -0.2) is 106 Å². The highest BCUT2D eigenvalue weighted by molar-refractivity contribution is 7.13. The van der Waals surface area contributed by atoms with Crippen LogP contribution in [0.2, 0.25) is 0 Å². The van der Waals surface area contributed by atoms with Crippen molar-refractivity contribution in [2.45, 2.75) is 64.1 Å². The van der Waals surface area contributed by atoms with Crippen LogP contribution in [0.4, 0.5) is 20.9 Å². The van der Waals surface area contributed by atoms with Crippen molar-refractivity contribution in [2.75, 3.05) is 54.8 Å². The first-order chi connectivity index (χ1) is 32.0. The number of thiazole rings is 1. The molecule has 8 rings (SSSR count). The molecule has 66 heavy (non-hydrogen) atoms. The maximum atomic E-state index is 14.4. The molecule has 4 aromatic carbocycles. The maximum absolute atomic E-state index is 14.4. The van der Waals surface area contributed by atoms with Gasteiger partial charge in [0.15, 0.2) is 5.13 Å². The molecule has 0 bridgehead atoms. The number of amides is 6. The molecule has 3 aliphatic heterocycles. The first-order valence-corrected chi connectivity index (χ1v) is 23.0. The number of halogens is 1. The van der Waals surface area contributed by atoms with Gasteiger partial charge in [0.2, 0.25) is 18.2 Å². The number of hydrogen-bond donors (Lipinski definition) is 4. The number of rotatable bonds is 17. The van der Waals surface area contributed by atoms with Crippen molar-refractivity contribution < 1.29 is 38.3 Å². The number of unbranched alkanes of at least 4 members (excludes halogenated alkanes) is 3. The SMILES string of the molecule is Cc1c(NCCCCCCN2CCN(c3ccc(-c4ccc5c(c4)C(=O)N(C(C(=O)Nc4nccs4)c4cc(F)ccc4O)C5)cc3)CC2)cccc1C(=O)N(C=O)C1CCC(=O)NC1=O. The summed E-state index contributed by atoms with van der Waals surface area (Å²) in [5, 5.41) is 21.1. The summed E-state index contributed by atoms with van der Waals surface area (Å²) in [5.74, 6) is -3.58. The molecule has 2 saturated heterocycles. The van der Waals surface area contributed by atoms with E-state index in [1.165, 1.54) is 28.5 Å². The number of carbonyl (C=O) groups excluding carboxylic acids is 6. The van der Waals surface area contributed by atoms with Crippen LogP contribution >= 0.6 is 11.3 Å². The fourth-order valence-corrected chi connectivity index (χ4v) is 9.44. The molecule has 4 N–H and O–H groups in total. The number of phenolic OH excluding ortho intramolecular Hbond substituents is 1. The van der Waals surface area contributed by atoms with Crippen molar-refractivity contribution in [1.29, 1.82) is 0 Å². The molecule has 1 aromatic heterocycles. The van der Waals surface area contributed by atoms with E-state index in [2.05, 4.69) is 42.9 Å². The highest BCUT2D eigenvalue weighted by Gasteiger charge is 2.40. The van der Waals surface area contributed by atoms with Gasteiger partial charge in [0.25, 0.3) is 17.7 Å². The number of benzene rings is 4. The summed E-state index contributed by atoms with van der Waals surface area (Å²) in [6, 6.07) is 20.3. The second-order valence-electron chi connectivity index (χ2n) is 16.7. The Labute approximate surface area is 385 Å². The second-order valence-corrected chi connectivity index (χ2v) is 17.6. The Morgan fingerprint density at radius 2 is 1.74 bits per heavy atom. The number of phenols is 1. The predicted molar refractivity (Wildman–Crippen MR) is 248 cm³/mol. The summed E-state index contributed by atoms with van der Waals surface area (Å²) in [6.45, 7) is 7.40. The minimum Gasteiger partial charge on any atom is -0.508 e. The molecular weight excluding hydrogens is 864 g/mol. The zero-order chi connectivity index (χ0) is 46.3. The van der Waals surface area contributed by atoms with Crippen LogP contribution in [0.25, 0.3) is 11.1 Å². The van der Waals surface area contributed by atoms with Gasteiger partial charge in [-0.1, -0.05) is 43.2 Å². The van der Waals surface area contributed by atoms with Crippen molar-refractivity contribution in [3.05, 3.63) is 124 Å². The zero-order valence-electron chi connectivity index (χ0n) is 36.5. The topological polar surface area (TPSA) is 185 Å². The van der Waals surface area contributed by atoms with Gasteiger partial charge in [-0.05, 0) is 104 Å². The number of aromatic nitrogens is 1. The van der Waals surface area contributed by atoms with Gasteiger partial charge >= 0.3 is 0 Å². The third-order valence-corrected chi connectivity index (χ3v) is 13.2. The molecule has 5 aromatic rings. The van der Waals surface area contributed by atoms with E-state index >= 15 is 0 Å². The molecule has 0 spiro atoms. The minimum atomic E-state index is -1.30. The van der Waals surface area contributed by atoms with Crippen molar-refractivity contribution in [3.8, 4) is 16.9 Å². The Morgan fingerprint density at radius 1 is 0.970 bits per heavy atom. The standard InChI is InChI=1S/C49H51FN8O7S/c1-31-37(47(64)58(30-59)41-16-18-43(61)53-45(41)62)7-6-8-40(31)51-19-4-2-3-5-21-55-22-24-56(25-23-55)36-14-11-32(12-15-36)33-9-10-34-29-57(48(65)38(34)27-33)44(39-28-35(50)13-17-42(39)60)46(63)54-49-52-20-26-66-49/h6-15,17,20,26-28,30,41,44,51,60H,2-5,16,18-19,21-25,29H2,1H3,(H,52,54,63)(H,53,61,62). The lowest BCUT2D eigenvalue weighted by molar-refractivity contribution is -0.139. The average Bonchev–Trinajstić information content (AvgIpc) is 3.95. The lowest BCUT2D eigenvalue weighted by atomic mass is 10.00. The molecule has 0 radical (unpaired) electrons. The van der Waals surface area contributed by atoms with Crippen LogP contribution in [0.1, 0.15) is 82.0 Å². The molecule has 17 heteroatoms. The molecule has 2 unspecified atom stereocenters. The summed E-state index contributed by atoms with van der Waals surface area (Å²) in [5.41, 5.74) is 5.87. The van der Waals surface area contributed by atoms with Gasteiger partial charge in [0.1, 0.15) is 23.7 Å². The van der Waals surface area contributed by atoms with Gasteiger partial charge in [0, 0.05) is 85.3 Å². The Bertz CT molecular complexity index is 2620. The number of piperazine rings is 1. The van der Waals surface area contributed by atoms with Gasteiger partial charge in [-0.3, -0.25) is 49.2 Å². The zero-order valence-corrected chi connectivity index (χ0v) is 37.3. The quantitative estimate of drug-likeness (QED) is 0.0454. The summed E-state index contributed by atoms with van der Waals surface area (Å²) >= 11 is 1.21. The number of carbonyl (C=O) groups is 6. The van der Waals surface area contributed by atoms with Crippen molar-refractivity contribution in [3.63, 3.8) is 0 Å². The lowest BCUT2D eigenvalue weighted by Crippen LogP contribution is -2.53. The maximum Gasteiger partial charge on any atom is 0.261 e. The van der Waals surface area contributed by atoms with E-state index in [4.69, 9.17) is 0 Å². The molecule has 6 amide bonds. The van der Waals surface area contributed by atoms with E-state index < -0.39 is 47.4 Å². The summed E-state index contributed by atoms with van der Waals surface area (Å²) < 4.78 is 14.4. The fraction of sp³-hybridized carbons (Fsp3) is 0.327. The molecule has 2 atom stereocenters. The van der Waals surface area contributed by atoms with Gasteiger partial charge in [-0.2, -0.15) is 0 Å². The van der Waals surface area contributed by atoms with Crippen molar-refractivity contribution >= 4 is 63.8 Å². The van der Waals surface area contributed by atoms with Crippen molar-refractivity contribution in [2.24, 2.45) is 0 Å². The van der Waals surface area contributed by atoms with E-state index in [0.29, 0.717) is 28.2 Å². The highest BCUT2D eigenvalue weighted by Crippen LogP contribution is 2.38. The van der Waals surface area contributed by atoms with Gasteiger partial charge < -0.3 is 20.2 Å². The number of aromatic hydroxyl groups is 1. The lowest BCUT2D eigenvalue weighted by Gasteiger charge is -2.36. The number of anilines is 3. The Morgan fingerprint density at radius 3 is 2.48 bits per heavy atom. The third-order valence-electron chi connectivity index (χ3n) is 12.6. The molecule has 2 fully saturated rings. The van der Waals surface area contributed by atoms with Crippen LogP contribution in [0.15, 0.2) is 90.4 Å². The van der Waals surface area contributed by atoms with Crippen molar-refractivity contribution in [1.82, 2.24) is 25.0 Å². The van der Waals surface area contributed by atoms with Crippen LogP contribution < -0.4 is 20.9 Å². The normalized spacial score (nSPS) is 16.7. The molecule has 4 heterocycles. The molecule has 0 aliphatic carbocycles. The van der Waals surface area contributed by atoms with E-state index in [9.17, 15) is 38.3 Å². The second kappa shape index (κ2) is 20.5. The van der Waals surface area contributed by atoms with E-state index in [0.717, 1.165) is 110 Å². The number of fused-ring (bicyclic) bond motifs is 1. The summed E-state index contributed by atoms with van der Waals surface area (Å²) in [7, 11) is 0. The summed E-state index contributed by atoms with van der Waals surface area (Å²) in [4.78, 5) is 87.9. The van der Waals surface area contributed by atoms with Crippen LogP contribution in [-0.2, 0) is 25.7 Å². The van der Waals surface area contributed by atoms with Gasteiger partial charge in [-0.15, -0.1) is 11.3 Å². The Hall–Kier alpha value is -6.98. The van der Waals surface area contributed by atoms with E-state index in [1.807, 2.05) is 43.3 Å². The van der Waals surface area contributed by atoms with Gasteiger partial charge in [0.05, 0.1) is 0 Å². The number of nitrogens with zero attached hydrogens (tertiary/aromatic N) is 5. The van der Waals surface area contributed by atoms with Gasteiger partial charge in [-0.25, -0.2) is 9.37 Å². The first kappa shape index (κ1) is 45.6. The third kappa shape index (κ3) is 10.1. The minimum absolute atomic E-state index is 0.0162. The highest BCUT2D eigenvalue weighted by atomic mass is 32.1. The first-order valence-electron chi connectivity index (χ1n) is 22.1. The summed E-state index contributed by atoms with van der Waals surface area (Å²) in [6.07, 6.45) is 6.25. The molecule has 0 saturated carbocycles. The molecular formula is C49H51FN8O7S. The predicted octanol–water partition coefficient (Wildman–Crippen LogP) is 6.50. The smallest absolute Gasteiger partial charge is 0.261 e. The van der Waals surface area contributed by atoms with E-state index in [-0.39, 0.29) is 30.7 Å². The molecule has 3 aliphatic rings.